The molecule has 0 heterocycles. The third-order valence-electron chi connectivity index (χ3n) is 8.07. The van der Waals surface area contributed by atoms with Crippen LogP contribution in [0.5, 0.6) is 11.5 Å². The molecule has 0 radical (unpaired) electrons. The highest BCUT2D eigenvalue weighted by Gasteiger charge is 2.49. The maximum absolute atomic E-state index is 11.2. The van der Waals surface area contributed by atoms with Crippen molar-refractivity contribution in [1.29, 1.82) is 0 Å². The predicted molar refractivity (Wildman–Crippen MR) is 134 cm³/mol. The minimum absolute atomic E-state index is 0.0884. The normalized spacial score (nSPS) is 20.8. The number of aromatic hydroxyl groups is 1. The summed E-state index contributed by atoms with van der Waals surface area (Å²) in [4.78, 5) is 0. The van der Waals surface area contributed by atoms with Gasteiger partial charge in [0.1, 0.15) is 11.5 Å². The van der Waals surface area contributed by atoms with Crippen LogP contribution in [0.2, 0.25) is 0 Å². The summed E-state index contributed by atoms with van der Waals surface area (Å²) in [6, 6.07) is 17.2. The summed E-state index contributed by atoms with van der Waals surface area (Å²) in [5.41, 5.74) is 5.79. The van der Waals surface area contributed by atoms with Gasteiger partial charge < -0.3 is 9.84 Å². The van der Waals surface area contributed by atoms with Crippen LogP contribution in [-0.2, 0) is 5.41 Å². The lowest BCUT2D eigenvalue weighted by Crippen LogP contribution is -2.36. The number of rotatable bonds is 1. The van der Waals surface area contributed by atoms with Crippen molar-refractivity contribution >= 4 is 10.8 Å². The molecule has 1 saturated carbocycles. The van der Waals surface area contributed by atoms with Crippen LogP contribution in [0.4, 0.5) is 0 Å². The van der Waals surface area contributed by atoms with Crippen LogP contribution in [0.25, 0.3) is 21.9 Å². The Balaban J connectivity index is 1.86. The Labute approximate surface area is 192 Å². The first-order valence-electron chi connectivity index (χ1n) is 12.1. The van der Waals surface area contributed by atoms with Crippen LogP contribution >= 0.6 is 0 Å². The maximum Gasteiger partial charge on any atom is 0.123 e. The van der Waals surface area contributed by atoms with Gasteiger partial charge in [0.15, 0.2) is 0 Å². The van der Waals surface area contributed by atoms with Gasteiger partial charge in [-0.3, -0.25) is 0 Å². The van der Waals surface area contributed by atoms with E-state index in [0.29, 0.717) is 5.75 Å². The SMILES string of the molecule is COc1ccc2c3c(cc(O)c2c1)C1(CC(C)(C)CCCCC(C)(C)C1)c1ccccc1-3. The Morgan fingerprint density at radius 2 is 1.44 bits per heavy atom. The van der Waals surface area contributed by atoms with E-state index in [2.05, 4.69) is 64.1 Å². The molecule has 2 aliphatic rings. The van der Waals surface area contributed by atoms with Crippen LogP contribution in [0.15, 0.2) is 48.5 Å². The van der Waals surface area contributed by atoms with Crippen molar-refractivity contribution in [3.63, 3.8) is 0 Å². The fourth-order valence-corrected chi connectivity index (χ4v) is 6.90. The van der Waals surface area contributed by atoms with Crippen LogP contribution in [0, 0.1) is 10.8 Å². The first-order chi connectivity index (χ1) is 15.2. The van der Waals surface area contributed by atoms with Gasteiger partial charge in [0, 0.05) is 10.8 Å². The molecule has 1 N–H and O–H groups in total. The molecule has 0 aliphatic heterocycles. The van der Waals surface area contributed by atoms with Gasteiger partial charge in [-0.2, -0.15) is 0 Å². The van der Waals surface area contributed by atoms with Gasteiger partial charge in [-0.15, -0.1) is 0 Å². The summed E-state index contributed by atoms with van der Waals surface area (Å²) in [5.74, 6) is 1.14. The molecule has 2 aliphatic carbocycles. The quantitative estimate of drug-likeness (QED) is 0.423. The van der Waals surface area contributed by atoms with Crippen LogP contribution in [0.1, 0.15) is 77.3 Å². The van der Waals surface area contributed by atoms with E-state index in [-0.39, 0.29) is 16.2 Å². The lowest BCUT2D eigenvalue weighted by atomic mass is 9.60. The molecular weight excluding hydrogens is 392 g/mol. The molecule has 0 aromatic heterocycles. The number of ether oxygens (including phenoxy) is 1. The van der Waals surface area contributed by atoms with Gasteiger partial charge in [0.25, 0.3) is 0 Å². The number of fused-ring (bicyclic) bond motifs is 7. The molecule has 2 nitrogen and oxygen atoms in total. The van der Waals surface area contributed by atoms with Crippen molar-refractivity contribution in [3.8, 4) is 22.6 Å². The third-order valence-corrected chi connectivity index (χ3v) is 8.07. The molecule has 0 unspecified atom stereocenters. The molecular formula is C30H36O2. The molecule has 32 heavy (non-hydrogen) atoms. The van der Waals surface area contributed by atoms with Gasteiger partial charge in [-0.25, -0.2) is 0 Å². The lowest BCUT2D eigenvalue weighted by Gasteiger charge is -2.43. The van der Waals surface area contributed by atoms with Crippen molar-refractivity contribution in [2.24, 2.45) is 10.8 Å². The molecule has 1 fully saturated rings. The minimum atomic E-state index is -0.0884. The fraction of sp³-hybridized carbons (Fsp3) is 0.467. The average molecular weight is 429 g/mol. The van der Waals surface area contributed by atoms with Gasteiger partial charge in [-0.1, -0.05) is 64.8 Å². The fourth-order valence-electron chi connectivity index (χ4n) is 6.90. The summed E-state index contributed by atoms with van der Waals surface area (Å²) >= 11 is 0. The highest BCUT2D eigenvalue weighted by Crippen LogP contribution is 2.61. The van der Waals surface area contributed by atoms with E-state index in [1.165, 1.54) is 47.9 Å². The summed E-state index contributed by atoms with van der Waals surface area (Å²) in [6.07, 6.45) is 7.30. The second kappa shape index (κ2) is 7.27. The summed E-state index contributed by atoms with van der Waals surface area (Å²) in [7, 11) is 1.68. The van der Waals surface area contributed by atoms with E-state index in [1.807, 2.05) is 12.1 Å². The Morgan fingerprint density at radius 1 is 0.781 bits per heavy atom. The first-order valence-corrected chi connectivity index (χ1v) is 12.1. The molecule has 0 saturated heterocycles. The average Bonchev–Trinajstić information content (AvgIpc) is 3.01. The standard InChI is InChI=1S/C30H36O2/c1-28(2)14-8-9-15-29(3,4)19-30(18-28)24-11-7-6-10-22(24)27-21-13-12-20(32-5)16-23(21)26(31)17-25(27)30/h6-7,10-13,16-17,31H,8-9,14-15,18-19H2,1-5H3. The van der Waals surface area contributed by atoms with Crippen molar-refractivity contribution in [2.45, 2.75) is 71.6 Å². The molecule has 2 heteroatoms. The van der Waals surface area contributed by atoms with Crippen molar-refractivity contribution in [1.82, 2.24) is 0 Å². The smallest absolute Gasteiger partial charge is 0.123 e. The van der Waals surface area contributed by atoms with Gasteiger partial charge >= 0.3 is 0 Å². The Kier molecular flexibility index (Phi) is 4.85. The second-order valence-corrected chi connectivity index (χ2v) is 11.7. The van der Waals surface area contributed by atoms with E-state index in [9.17, 15) is 5.11 Å². The Bertz CT molecular complexity index is 1160. The number of hydrogen-bond donors (Lipinski definition) is 1. The number of benzene rings is 3. The van der Waals surface area contributed by atoms with E-state index >= 15 is 0 Å². The first kappa shape index (κ1) is 21.4. The van der Waals surface area contributed by atoms with Crippen LogP contribution in [-0.4, -0.2) is 12.2 Å². The van der Waals surface area contributed by atoms with Crippen molar-refractivity contribution < 1.29 is 9.84 Å². The molecule has 168 valence electrons. The highest BCUT2D eigenvalue weighted by molar-refractivity contribution is 6.05. The maximum atomic E-state index is 11.2. The number of methoxy groups -OCH3 is 1. The monoisotopic (exact) mass is 428 g/mol. The van der Waals surface area contributed by atoms with Gasteiger partial charge in [0.05, 0.1) is 7.11 Å². The molecule has 3 aromatic rings. The van der Waals surface area contributed by atoms with E-state index in [4.69, 9.17) is 4.74 Å². The Hall–Kier alpha value is -2.48. The van der Waals surface area contributed by atoms with Crippen LogP contribution < -0.4 is 4.74 Å². The molecule has 5 rings (SSSR count). The molecule has 0 amide bonds. The van der Waals surface area contributed by atoms with Crippen molar-refractivity contribution in [2.75, 3.05) is 7.11 Å². The van der Waals surface area contributed by atoms with E-state index < -0.39 is 0 Å². The second-order valence-electron chi connectivity index (χ2n) is 11.7. The summed E-state index contributed by atoms with van der Waals surface area (Å²) in [5, 5.41) is 13.2. The molecule has 0 bridgehead atoms. The van der Waals surface area contributed by atoms with Crippen LogP contribution in [0.3, 0.4) is 0 Å². The van der Waals surface area contributed by atoms with E-state index in [1.54, 1.807) is 7.11 Å². The van der Waals surface area contributed by atoms with Gasteiger partial charge in [0.2, 0.25) is 0 Å². The summed E-state index contributed by atoms with van der Waals surface area (Å²) in [6.45, 7) is 9.78. The third kappa shape index (κ3) is 3.31. The summed E-state index contributed by atoms with van der Waals surface area (Å²) < 4.78 is 5.46. The number of hydrogen-bond acceptors (Lipinski definition) is 2. The topological polar surface area (TPSA) is 29.5 Å². The van der Waals surface area contributed by atoms with Crippen molar-refractivity contribution in [3.05, 3.63) is 59.7 Å². The molecule has 3 aromatic carbocycles. The highest BCUT2D eigenvalue weighted by atomic mass is 16.5. The zero-order valence-corrected chi connectivity index (χ0v) is 20.2. The predicted octanol–water partition coefficient (Wildman–Crippen LogP) is 8.23. The largest absolute Gasteiger partial charge is 0.507 e. The van der Waals surface area contributed by atoms with E-state index in [0.717, 1.165) is 29.4 Å². The molecule has 0 atom stereocenters. The van der Waals surface area contributed by atoms with Gasteiger partial charge in [-0.05, 0) is 88.4 Å². The number of phenols is 1. The minimum Gasteiger partial charge on any atom is -0.507 e. The lowest BCUT2D eigenvalue weighted by molar-refractivity contribution is 0.193. The number of phenolic OH excluding ortho intramolecular Hbond substituents is 1. The zero-order valence-electron chi connectivity index (χ0n) is 20.2. The Morgan fingerprint density at radius 3 is 2.09 bits per heavy atom. The molecule has 1 spiro atoms. The zero-order chi connectivity index (χ0) is 22.7.